The van der Waals surface area contributed by atoms with Crippen LogP contribution in [0, 0.1) is 0 Å². The molecule has 0 aliphatic heterocycles. The van der Waals surface area contributed by atoms with Gasteiger partial charge in [0.25, 0.3) is 10.0 Å². The van der Waals surface area contributed by atoms with Gasteiger partial charge >= 0.3 is 0 Å². The molecule has 0 saturated carbocycles. The highest BCUT2D eigenvalue weighted by Crippen LogP contribution is 2.32. The van der Waals surface area contributed by atoms with Crippen molar-refractivity contribution in [1.29, 1.82) is 0 Å². The number of rotatable bonds is 13. The summed E-state index contributed by atoms with van der Waals surface area (Å²) in [6.07, 6.45) is 0.352. The molecule has 0 bridgehead atoms. The second kappa shape index (κ2) is 13.8. The third-order valence-corrected chi connectivity index (χ3v) is 8.05. The third kappa shape index (κ3) is 7.32. The zero-order valence-electron chi connectivity index (χ0n) is 23.5. The van der Waals surface area contributed by atoms with Crippen LogP contribution in [-0.4, -0.2) is 58.0 Å². The van der Waals surface area contributed by atoms with Crippen LogP contribution in [0.2, 0.25) is 0 Å². The van der Waals surface area contributed by atoms with Crippen molar-refractivity contribution >= 4 is 27.5 Å². The van der Waals surface area contributed by atoms with E-state index in [1.165, 1.54) is 37.3 Å². The van der Waals surface area contributed by atoms with Crippen molar-refractivity contribution in [3.8, 4) is 11.5 Å². The molecule has 214 valence electrons. The average molecular weight is 568 g/mol. The SMILES string of the molecule is CC[C@@H](C(=O)NC(C)C)N(Cc1ccccc1)C(=O)CN(c1ccccc1)S(=O)(=O)c1ccc(OC)c(OC)c1. The Balaban J connectivity index is 2.06. The van der Waals surface area contributed by atoms with Gasteiger partial charge in [0.1, 0.15) is 12.6 Å². The van der Waals surface area contributed by atoms with Gasteiger partial charge in [0.15, 0.2) is 11.5 Å². The van der Waals surface area contributed by atoms with Crippen LogP contribution >= 0.6 is 0 Å². The van der Waals surface area contributed by atoms with Crippen molar-refractivity contribution in [1.82, 2.24) is 10.2 Å². The molecule has 1 atom stereocenters. The molecule has 9 nitrogen and oxygen atoms in total. The number of anilines is 1. The molecule has 0 aromatic heterocycles. The molecule has 0 unspecified atom stereocenters. The quantitative estimate of drug-likeness (QED) is 0.332. The van der Waals surface area contributed by atoms with Gasteiger partial charge in [-0.05, 0) is 50.1 Å². The zero-order chi connectivity index (χ0) is 29.3. The summed E-state index contributed by atoms with van der Waals surface area (Å²) in [6, 6.07) is 21.0. The molecule has 0 radical (unpaired) electrons. The van der Waals surface area contributed by atoms with Crippen molar-refractivity contribution in [2.45, 2.75) is 50.7 Å². The molecule has 10 heteroatoms. The Morgan fingerprint density at radius 2 is 1.48 bits per heavy atom. The molecule has 0 heterocycles. The summed E-state index contributed by atoms with van der Waals surface area (Å²) in [7, 11) is -1.36. The first-order chi connectivity index (χ1) is 19.1. The second-order valence-electron chi connectivity index (χ2n) is 9.46. The Hall–Kier alpha value is -4.05. The summed E-state index contributed by atoms with van der Waals surface area (Å²) in [5.41, 5.74) is 1.13. The van der Waals surface area contributed by atoms with Crippen molar-refractivity contribution in [3.05, 3.63) is 84.4 Å². The summed E-state index contributed by atoms with van der Waals surface area (Å²) in [4.78, 5) is 28.6. The topological polar surface area (TPSA) is 105 Å². The van der Waals surface area contributed by atoms with Crippen LogP contribution in [0.25, 0.3) is 0 Å². The highest BCUT2D eigenvalue weighted by Gasteiger charge is 2.34. The number of nitrogens with one attached hydrogen (secondary N) is 1. The van der Waals surface area contributed by atoms with E-state index in [1.54, 1.807) is 30.3 Å². The Kier molecular flexibility index (Phi) is 10.6. The lowest BCUT2D eigenvalue weighted by Crippen LogP contribution is -2.53. The number of carbonyl (C=O) groups is 2. The lowest BCUT2D eigenvalue weighted by atomic mass is 10.1. The van der Waals surface area contributed by atoms with Crippen molar-refractivity contribution < 1.29 is 27.5 Å². The molecular weight excluding hydrogens is 530 g/mol. The predicted molar refractivity (Wildman–Crippen MR) is 155 cm³/mol. The van der Waals surface area contributed by atoms with Gasteiger partial charge in [-0.3, -0.25) is 13.9 Å². The van der Waals surface area contributed by atoms with Crippen molar-refractivity contribution in [2.75, 3.05) is 25.1 Å². The Morgan fingerprint density at radius 1 is 0.875 bits per heavy atom. The summed E-state index contributed by atoms with van der Waals surface area (Å²) in [5, 5.41) is 2.89. The number of hydrogen-bond acceptors (Lipinski definition) is 6. The first-order valence-electron chi connectivity index (χ1n) is 13.1. The Labute approximate surface area is 236 Å². The highest BCUT2D eigenvalue weighted by atomic mass is 32.2. The average Bonchev–Trinajstić information content (AvgIpc) is 2.95. The summed E-state index contributed by atoms with van der Waals surface area (Å²) < 4.78 is 39.7. The molecular formula is C30H37N3O6S. The number of amides is 2. The van der Waals surface area contributed by atoms with Crippen molar-refractivity contribution in [2.24, 2.45) is 0 Å². The van der Waals surface area contributed by atoms with Gasteiger partial charge in [-0.2, -0.15) is 0 Å². The summed E-state index contributed by atoms with van der Waals surface area (Å²) in [5.74, 6) is -0.192. The van der Waals surface area contributed by atoms with Gasteiger partial charge in [0.2, 0.25) is 11.8 Å². The van der Waals surface area contributed by atoms with E-state index in [1.807, 2.05) is 51.1 Å². The fourth-order valence-corrected chi connectivity index (χ4v) is 5.74. The van der Waals surface area contributed by atoms with Gasteiger partial charge in [0.05, 0.1) is 24.8 Å². The van der Waals surface area contributed by atoms with Crippen LogP contribution in [0.3, 0.4) is 0 Å². The zero-order valence-corrected chi connectivity index (χ0v) is 24.4. The predicted octanol–water partition coefficient (Wildman–Crippen LogP) is 4.23. The number of para-hydroxylation sites is 1. The van der Waals surface area contributed by atoms with E-state index in [0.29, 0.717) is 17.9 Å². The van der Waals surface area contributed by atoms with E-state index in [0.717, 1.165) is 9.87 Å². The van der Waals surface area contributed by atoms with E-state index in [-0.39, 0.29) is 29.1 Å². The fraction of sp³-hybridized carbons (Fsp3) is 0.333. The number of nitrogens with zero attached hydrogens (tertiary/aromatic N) is 2. The maximum absolute atomic E-state index is 14.0. The van der Waals surface area contributed by atoms with E-state index >= 15 is 0 Å². The summed E-state index contributed by atoms with van der Waals surface area (Å²) >= 11 is 0. The molecule has 1 N–H and O–H groups in total. The Bertz CT molecular complexity index is 1380. The number of methoxy groups -OCH3 is 2. The standard InChI is InChI=1S/C30H37N3O6S/c1-6-26(30(35)31-22(2)3)32(20-23-13-9-7-10-14-23)29(34)21-33(24-15-11-8-12-16-24)40(36,37)25-17-18-27(38-4)28(19-25)39-5/h7-19,22,26H,6,20-21H2,1-5H3,(H,31,35)/t26-/m0/s1. The molecule has 3 aromatic carbocycles. The first-order valence-corrected chi connectivity index (χ1v) is 14.5. The van der Waals surface area contributed by atoms with Gasteiger partial charge < -0.3 is 19.7 Å². The number of hydrogen-bond donors (Lipinski definition) is 1. The van der Waals surface area contributed by atoms with E-state index in [2.05, 4.69) is 5.32 Å². The van der Waals surface area contributed by atoms with Crippen LogP contribution in [-0.2, 0) is 26.2 Å². The highest BCUT2D eigenvalue weighted by molar-refractivity contribution is 7.92. The molecule has 0 fully saturated rings. The monoisotopic (exact) mass is 567 g/mol. The van der Waals surface area contributed by atoms with Gasteiger partial charge in [0, 0.05) is 18.7 Å². The largest absolute Gasteiger partial charge is 0.493 e. The first kappa shape index (κ1) is 30.5. The molecule has 0 aliphatic carbocycles. The van der Waals surface area contributed by atoms with Crippen LogP contribution in [0.15, 0.2) is 83.8 Å². The molecule has 3 rings (SSSR count). The van der Waals surface area contributed by atoms with Gasteiger partial charge in [-0.15, -0.1) is 0 Å². The summed E-state index contributed by atoms with van der Waals surface area (Å²) in [6.45, 7) is 5.15. The lowest BCUT2D eigenvalue weighted by molar-refractivity contribution is -0.140. The smallest absolute Gasteiger partial charge is 0.264 e. The Morgan fingerprint density at radius 3 is 2.02 bits per heavy atom. The lowest BCUT2D eigenvalue weighted by Gasteiger charge is -2.33. The molecule has 40 heavy (non-hydrogen) atoms. The number of sulfonamides is 1. The third-order valence-electron chi connectivity index (χ3n) is 6.28. The van der Waals surface area contributed by atoms with Crippen LogP contribution in [0.5, 0.6) is 11.5 Å². The van der Waals surface area contributed by atoms with Gasteiger partial charge in [-0.1, -0.05) is 55.5 Å². The fourth-order valence-electron chi connectivity index (χ4n) is 4.31. The normalized spacial score (nSPS) is 11.9. The van der Waals surface area contributed by atoms with Crippen LogP contribution in [0.4, 0.5) is 5.69 Å². The van der Waals surface area contributed by atoms with Crippen molar-refractivity contribution in [3.63, 3.8) is 0 Å². The molecule has 3 aromatic rings. The minimum atomic E-state index is -4.24. The maximum atomic E-state index is 14.0. The van der Waals surface area contributed by atoms with E-state index in [4.69, 9.17) is 9.47 Å². The van der Waals surface area contributed by atoms with Crippen LogP contribution in [0.1, 0.15) is 32.8 Å². The number of ether oxygens (including phenoxy) is 2. The molecule has 2 amide bonds. The molecule has 0 spiro atoms. The van der Waals surface area contributed by atoms with Crippen LogP contribution < -0.4 is 19.1 Å². The van der Waals surface area contributed by atoms with Gasteiger partial charge in [-0.25, -0.2) is 8.42 Å². The van der Waals surface area contributed by atoms with E-state index < -0.39 is 28.5 Å². The minimum Gasteiger partial charge on any atom is -0.493 e. The maximum Gasteiger partial charge on any atom is 0.264 e. The molecule has 0 aliphatic rings. The molecule has 0 saturated heterocycles. The van der Waals surface area contributed by atoms with E-state index in [9.17, 15) is 18.0 Å². The number of carbonyl (C=O) groups excluding carboxylic acids is 2. The minimum absolute atomic E-state index is 0.0685. The second-order valence-corrected chi connectivity index (χ2v) is 11.3. The number of benzene rings is 3.